The summed E-state index contributed by atoms with van der Waals surface area (Å²) in [6.45, 7) is 6.08. The van der Waals surface area contributed by atoms with Gasteiger partial charge in [-0.2, -0.15) is 9.78 Å². The van der Waals surface area contributed by atoms with Gasteiger partial charge in [-0.15, -0.1) is 0 Å². The lowest BCUT2D eigenvalue weighted by Crippen LogP contribution is -2.28. The fraction of sp³-hybridized carbons (Fsp3) is 0.278. The molecule has 0 bridgehead atoms. The fourth-order valence-electron chi connectivity index (χ4n) is 2.21. The van der Waals surface area contributed by atoms with E-state index in [1.807, 2.05) is 57.2 Å². The summed E-state index contributed by atoms with van der Waals surface area (Å²) < 4.78 is 6.73. The summed E-state index contributed by atoms with van der Waals surface area (Å²) in [5.41, 5.74) is 0.822. The van der Waals surface area contributed by atoms with Crippen LogP contribution in [0.3, 0.4) is 0 Å². The van der Waals surface area contributed by atoms with Crippen LogP contribution in [0.5, 0.6) is 0 Å². The molecule has 0 aliphatic heterocycles. The maximum absolute atomic E-state index is 12.7. The second-order valence-electron chi connectivity index (χ2n) is 6.53. The third-order valence-electron chi connectivity index (χ3n) is 3.49. The van der Waals surface area contributed by atoms with Gasteiger partial charge in [0.2, 0.25) is 0 Å². The largest absolute Gasteiger partial charge is 0.467 e. The molecule has 0 amide bonds. The van der Waals surface area contributed by atoms with Crippen LogP contribution in [-0.4, -0.2) is 20.7 Å². The van der Waals surface area contributed by atoms with Crippen LogP contribution in [0.2, 0.25) is 0 Å². The molecule has 0 radical (unpaired) electrons. The number of pyridine rings is 1. The lowest BCUT2D eigenvalue weighted by Gasteiger charge is -2.18. The predicted molar refractivity (Wildman–Crippen MR) is 91.6 cm³/mol. The van der Waals surface area contributed by atoms with Crippen molar-refractivity contribution in [3.63, 3.8) is 0 Å². The van der Waals surface area contributed by atoms with E-state index < -0.39 is 5.41 Å². The monoisotopic (exact) mass is 324 g/mol. The highest BCUT2D eigenvalue weighted by Gasteiger charge is 2.27. The Morgan fingerprint density at radius 1 is 1.21 bits per heavy atom. The minimum atomic E-state index is -0.547. The quantitative estimate of drug-likeness (QED) is 0.789. The third kappa shape index (κ3) is 3.37. The molecule has 6 heteroatoms. The van der Waals surface area contributed by atoms with Crippen molar-refractivity contribution in [2.45, 2.75) is 27.3 Å². The Morgan fingerprint density at radius 3 is 2.67 bits per heavy atom. The zero-order chi connectivity index (χ0) is 17.2. The molecule has 0 unspecified atom stereocenters. The van der Waals surface area contributed by atoms with Gasteiger partial charge in [-0.25, -0.2) is 0 Å². The van der Waals surface area contributed by atoms with Crippen molar-refractivity contribution in [2.24, 2.45) is 5.41 Å². The van der Waals surface area contributed by atoms with Crippen LogP contribution in [0.15, 0.2) is 53.3 Å². The van der Waals surface area contributed by atoms with Crippen molar-refractivity contribution < 1.29 is 9.21 Å². The SMILES string of the molecule is CC(C)(C)C(=O)n1nc(-c2ccccn2)cc1NCc1ccco1. The molecular weight excluding hydrogens is 304 g/mol. The molecule has 1 N–H and O–H groups in total. The molecule has 0 fully saturated rings. The highest BCUT2D eigenvalue weighted by atomic mass is 16.3. The Balaban J connectivity index is 1.95. The van der Waals surface area contributed by atoms with Crippen LogP contribution in [0.4, 0.5) is 5.82 Å². The second-order valence-corrected chi connectivity index (χ2v) is 6.53. The molecule has 6 nitrogen and oxygen atoms in total. The molecule has 0 saturated heterocycles. The normalized spacial score (nSPS) is 11.5. The van der Waals surface area contributed by atoms with Gasteiger partial charge < -0.3 is 9.73 Å². The molecule has 0 spiro atoms. The van der Waals surface area contributed by atoms with Gasteiger partial charge in [0.05, 0.1) is 18.5 Å². The number of furan rings is 1. The molecule has 24 heavy (non-hydrogen) atoms. The summed E-state index contributed by atoms with van der Waals surface area (Å²) in [6.07, 6.45) is 3.32. The number of carbonyl (C=O) groups is 1. The highest BCUT2D eigenvalue weighted by Crippen LogP contribution is 2.25. The van der Waals surface area contributed by atoms with Crippen LogP contribution < -0.4 is 5.32 Å². The zero-order valence-electron chi connectivity index (χ0n) is 14.0. The van der Waals surface area contributed by atoms with Gasteiger partial charge in [0.1, 0.15) is 17.3 Å². The highest BCUT2D eigenvalue weighted by molar-refractivity contribution is 5.87. The maximum Gasteiger partial charge on any atom is 0.254 e. The fourth-order valence-corrected chi connectivity index (χ4v) is 2.21. The van der Waals surface area contributed by atoms with Crippen molar-refractivity contribution in [1.82, 2.24) is 14.8 Å². The lowest BCUT2D eigenvalue weighted by molar-refractivity contribution is 0.0752. The minimum absolute atomic E-state index is 0.0911. The van der Waals surface area contributed by atoms with E-state index in [1.54, 1.807) is 12.5 Å². The lowest BCUT2D eigenvalue weighted by atomic mass is 9.96. The summed E-state index contributed by atoms with van der Waals surface area (Å²) >= 11 is 0. The number of rotatable bonds is 4. The van der Waals surface area contributed by atoms with Crippen LogP contribution in [0.1, 0.15) is 31.3 Å². The van der Waals surface area contributed by atoms with Crippen LogP contribution in [0, 0.1) is 5.41 Å². The molecule has 0 aliphatic rings. The first-order valence-corrected chi connectivity index (χ1v) is 7.78. The van der Waals surface area contributed by atoms with Crippen molar-refractivity contribution in [2.75, 3.05) is 5.32 Å². The van der Waals surface area contributed by atoms with E-state index in [0.29, 0.717) is 18.1 Å². The van der Waals surface area contributed by atoms with Crippen molar-refractivity contribution >= 4 is 11.7 Å². The molecule has 0 saturated carbocycles. The van der Waals surface area contributed by atoms with E-state index in [9.17, 15) is 4.79 Å². The molecule has 124 valence electrons. The smallest absolute Gasteiger partial charge is 0.254 e. The van der Waals surface area contributed by atoms with E-state index >= 15 is 0 Å². The van der Waals surface area contributed by atoms with E-state index in [4.69, 9.17) is 4.42 Å². The zero-order valence-corrected chi connectivity index (χ0v) is 14.0. The molecule has 3 aromatic rings. The molecule has 3 rings (SSSR count). The molecule has 0 atom stereocenters. The number of carbonyl (C=O) groups excluding carboxylic acids is 1. The number of hydrogen-bond donors (Lipinski definition) is 1. The van der Waals surface area contributed by atoms with Gasteiger partial charge in [0, 0.05) is 17.7 Å². The van der Waals surface area contributed by atoms with Crippen molar-refractivity contribution in [3.05, 3.63) is 54.6 Å². The standard InChI is InChI=1S/C18H20N4O2/c1-18(2,3)17(23)22-16(20-12-13-7-6-10-24-13)11-15(21-22)14-8-4-5-9-19-14/h4-11,20H,12H2,1-3H3. The Labute approximate surface area is 140 Å². The van der Waals surface area contributed by atoms with E-state index in [0.717, 1.165) is 11.5 Å². The molecule has 0 aliphatic carbocycles. The molecular formula is C18H20N4O2. The Morgan fingerprint density at radius 2 is 2.04 bits per heavy atom. The van der Waals surface area contributed by atoms with Gasteiger partial charge in [-0.1, -0.05) is 26.8 Å². The predicted octanol–water partition coefficient (Wildman–Crippen LogP) is 3.84. The molecule has 3 aromatic heterocycles. The molecule has 3 heterocycles. The molecule has 0 aromatic carbocycles. The maximum atomic E-state index is 12.7. The minimum Gasteiger partial charge on any atom is -0.467 e. The summed E-state index contributed by atoms with van der Waals surface area (Å²) in [6, 6.07) is 11.1. The number of aromatic nitrogens is 3. The Hall–Kier alpha value is -2.89. The number of nitrogens with zero attached hydrogens (tertiary/aromatic N) is 3. The average molecular weight is 324 g/mol. The van der Waals surface area contributed by atoms with Gasteiger partial charge in [-0.05, 0) is 24.3 Å². The topological polar surface area (TPSA) is 73.0 Å². The summed E-state index contributed by atoms with van der Waals surface area (Å²) in [4.78, 5) is 17.0. The van der Waals surface area contributed by atoms with Gasteiger partial charge in [0.25, 0.3) is 5.91 Å². The third-order valence-corrected chi connectivity index (χ3v) is 3.49. The van der Waals surface area contributed by atoms with Crippen molar-refractivity contribution in [3.8, 4) is 11.4 Å². The van der Waals surface area contributed by atoms with E-state index in [1.165, 1.54) is 4.68 Å². The first kappa shape index (κ1) is 16.0. The first-order chi connectivity index (χ1) is 11.4. The van der Waals surface area contributed by atoms with E-state index in [2.05, 4.69) is 15.4 Å². The summed E-state index contributed by atoms with van der Waals surface area (Å²) in [5, 5.41) is 7.68. The van der Waals surface area contributed by atoms with E-state index in [-0.39, 0.29) is 5.91 Å². The Bertz CT molecular complexity index is 815. The van der Waals surface area contributed by atoms with Crippen LogP contribution in [0.25, 0.3) is 11.4 Å². The number of anilines is 1. The van der Waals surface area contributed by atoms with Crippen LogP contribution >= 0.6 is 0 Å². The second kappa shape index (κ2) is 6.31. The average Bonchev–Trinajstić information content (AvgIpc) is 3.21. The summed E-state index contributed by atoms with van der Waals surface area (Å²) in [7, 11) is 0. The van der Waals surface area contributed by atoms with Gasteiger partial charge in [-0.3, -0.25) is 9.78 Å². The van der Waals surface area contributed by atoms with Crippen LogP contribution in [-0.2, 0) is 6.54 Å². The Kier molecular flexibility index (Phi) is 4.20. The van der Waals surface area contributed by atoms with Gasteiger partial charge in [0.15, 0.2) is 0 Å². The summed E-state index contributed by atoms with van der Waals surface area (Å²) in [5.74, 6) is 1.31. The van der Waals surface area contributed by atoms with Gasteiger partial charge >= 0.3 is 0 Å². The number of nitrogens with one attached hydrogen (secondary N) is 1. The first-order valence-electron chi connectivity index (χ1n) is 7.78. The number of hydrogen-bond acceptors (Lipinski definition) is 5. The van der Waals surface area contributed by atoms with Crippen molar-refractivity contribution in [1.29, 1.82) is 0 Å².